The molecule has 0 aliphatic rings. The molecule has 28 heavy (non-hydrogen) atoms. The van der Waals surface area contributed by atoms with Crippen molar-refractivity contribution in [2.24, 2.45) is 0 Å². The molecule has 0 radical (unpaired) electrons. The number of nitrogens with zero attached hydrogens (tertiary/aromatic N) is 2. The average molecular weight is 413 g/mol. The number of benzene rings is 2. The highest BCUT2D eigenvalue weighted by molar-refractivity contribution is 7.19. The number of thiophene rings is 1. The zero-order chi connectivity index (χ0) is 19.7. The number of pyridine rings is 1. The van der Waals surface area contributed by atoms with E-state index >= 15 is 0 Å². The molecule has 6 nitrogen and oxygen atoms in total. The van der Waals surface area contributed by atoms with Crippen molar-refractivity contribution >= 4 is 38.7 Å². The Bertz CT molecular complexity index is 1130. The van der Waals surface area contributed by atoms with Crippen LogP contribution in [-0.2, 0) is 0 Å². The summed E-state index contributed by atoms with van der Waals surface area (Å²) in [5.41, 5.74) is -0.0116. The maximum atomic E-state index is 11.6. The number of aromatic nitrogens is 1. The number of ether oxygens (including phenoxy) is 1. The summed E-state index contributed by atoms with van der Waals surface area (Å²) in [6.45, 7) is 0. The number of hydrogen-bond donors (Lipinski definition) is 1. The molecule has 0 spiro atoms. The first-order valence-electron chi connectivity index (χ1n) is 8.24. The largest absolute Gasteiger partial charge is 0.457 e. The maximum absolute atomic E-state index is 11.6. The lowest BCUT2D eigenvalue weighted by molar-refractivity contribution is -0.386. The van der Waals surface area contributed by atoms with E-state index in [4.69, 9.17) is 16.3 Å². The molecule has 2 aromatic carbocycles. The first-order valence-corrected chi connectivity index (χ1v) is 9.44. The van der Waals surface area contributed by atoms with E-state index in [2.05, 4.69) is 4.98 Å². The Morgan fingerprint density at radius 3 is 2.57 bits per heavy atom. The Hall–Kier alpha value is -3.00. The van der Waals surface area contributed by atoms with Crippen molar-refractivity contribution in [1.82, 2.24) is 4.98 Å². The van der Waals surface area contributed by atoms with Gasteiger partial charge in [-0.3, -0.25) is 15.1 Å². The molecule has 4 aromatic rings. The number of aliphatic hydroxyl groups excluding tert-OH is 1. The number of nitro groups is 1. The molecule has 0 saturated carbocycles. The van der Waals surface area contributed by atoms with E-state index < -0.39 is 11.0 Å². The number of rotatable bonds is 5. The first-order chi connectivity index (χ1) is 13.5. The molecule has 8 heteroatoms. The zero-order valence-corrected chi connectivity index (χ0v) is 15.9. The zero-order valence-electron chi connectivity index (χ0n) is 14.3. The minimum atomic E-state index is -1.12. The summed E-state index contributed by atoms with van der Waals surface area (Å²) in [5, 5.41) is 23.9. The van der Waals surface area contributed by atoms with E-state index in [1.54, 1.807) is 42.7 Å². The van der Waals surface area contributed by atoms with Crippen molar-refractivity contribution in [3.8, 4) is 11.5 Å². The van der Waals surface area contributed by atoms with Gasteiger partial charge in [0.2, 0.25) is 0 Å². The molecule has 0 bridgehead atoms. The van der Waals surface area contributed by atoms with Crippen molar-refractivity contribution in [3.05, 3.63) is 92.6 Å². The SMILES string of the molecule is O=[N+]([O-])c1cc(Oc2ccc(Cl)cc2)ccc1C(O)c1cc2ccncc2s1. The number of aliphatic hydroxyl groups is 1. The minimum Gasteiger partial charge on any atom is -0.457 e. The molecule has 0 amide bonds. The highest BCUT2D eigenvalue weighted by Gasteiger charge is 2.24. The fraction of sp³-hybridized carbons (Fsp3) is 0.0500. The lowest BCUT2D eigenvalue weighted by atomic mass is 10.1. The van der Waals surface area contributed by atoms with E-state index in [9.17, 15) is 15.2 Å². The number of halogens is 1. The fourth-order valence-corrected chi connectivity index (χ4v) is 3.97. The van der Waals surface area contributed by atoms with E-state index in [0.29, 0.717) is 21.4 Å². The third kappa shape index (κ3) is 3.68. The van der Waals surface area contributed by atoms with Gasteiger partial charge in [0, 0.05) is 22.3 Å². The van der Waals surface area contributed by atoms with Gasteiger partial charge in [0.15, 0.2) is 0 Å². The predicted octanol–water partition coefficient (Wildman–Crippen LogP) is 5.73. The van der Waals surface area contributed by atoms with Gasteiger partial charge in [0.1, 0.15) is 17.6 Å². The van der Waals surface area contributed by atoms with Crippen LogP contribution in [0.15, 0.2) is 67.0 Å². The van der Waals surface area contributed by atoms with Crippen LogP contribution in [0.5, 0.6) is 11.5 Å². The van der Waals surface area contributed by atoms with Crippen molar-refractivity contribution in [2.75, 3.05) is 0 Å². The van der Waals surface area contributed by atoms with Crippen LogP contribution in [0.4, 0.5) is 5.69 Å². The van der Waals surface area contributed by atoms with Gasteiger partial charge in [-0.25, -0.2) is 0 Å². The fourth-order valence-electron chi connectivity index (χ4n) is 2.81. The van der Waals surface area contributed by atoms with Crippen LogP contribution in [0.3, 0.4) is 0 Å². The summed E-state index contributed by atoms with van der Waals surface area (Å²) >= 11 is 7.20. The van der Waals surface area contributed by atoms with Crippen LogP contribution in [0.25, 0.3) is 10.1 Å². The molecule has 0 aliphatic carbocycles. The maximum Gasteiger partial charge on any atom is 0.279 e. The van der Waals surface area contributed by atoms with Gasteiger partial charge >= 0.3 is 0 Å². The van der Waals surface area contributed by atoms with Gasteiger partial charge < -0.3 is 9.84 Å². The van der Waals surface area contributed by atoms with Crippen LogP contribution < -0.4 is 4.74 Å². The normalized spacial score (nSPS) is 12.1. The third-order valence-corrected chi connectivity index (χ3v) is 5.54. The standard InChI is InChI=1S/C20H13ClN2O4S/c21-13-1-3-14(4-2-13)27-15-5-6-16(17(10-15)23(25)26)20(24)18-9-12-7-8-22-11-19(12)28-18/h1-11,20,24H. The molecule has 1 atom stereocenters. The molecular formula is C20H13ClN2O4S. The molecule has 0 fully saturated rings. The Labute approximate surface area is 168 Å². The van der Waals surface area contributed by atoms with E-state index in [0.717, 1.165) is 10.1 Å². The summed E-state index contributed by atoms with van der Waals surface area (Å²) in [6, 6.07) is 14.7. The van der Waals surface area contributed by atoms with Crippen LogP contribution in [0.1, 0.15) is 16.5 Å². The monoisotopic (exact) mass is 412 g/mol. The molecule has 140 valence electrons. The number of fused-ring (bicyclic) bond motifs is 1. The Morgan fingerprint density at radius 1 is 1.11 bits per heavy atom. The topological polar surface area (TPSA) is 85.5 Å². The van der Waals surface area contributed by atoms with Crippen LogP contribution in [0.2, 0.25) is 5.02 Å². The van der Waals surface area contributed by atoms with Gasteiger partial charge in [0.05, 0.1) is 21.3 Å². The van der Waals surface area contributed by atoms with Gasteiger partial charge in [-0.05, 0) is 53.9 Å². The minimum absolute atomic E-state index is 0.202. The third-order valence-electron chi connectivity index (χ3n) is 4.15. The highest BCUT2D eigenvalue weighted by Crippen LogP contribution is 2.38. The predicted molar refractivity (Wildman–Crippen MR) is 108 cm³/mol. The van der Waals surface area contributed by atoms with Gasteiger partial charge in [0.25, 0.3) is 5.69 Å². The summed E-state index contributed by atoms with van der Waals surface area (Å²) in [6.07, 6.45) is 2.24. The smallest absolute Gasteiger partial charge is 0.279 e. The Morgan fingerprint density at radius 2 is 1.86 bits per heavy atom. The van der Waals surface area contributed by atoms with E-state index in [1.807, 2.05) is 12.1 Å². The van der Waals surface area contributed by atoms with Crippen LogP contribution in [-0.4, -0.2) is 15.0 Å². The average Bonchev–Trinajstić information content (AvgIpc) is 3.13. The van der Waals surface area contributed by atoms with Crippen molar-refractivity contribution in [2.45, 2.75) is 6.10 Å². The molecule has 1 unspecified atom stereocenters. The van der Waals surface area contributed by atoms with Gasteiger partial charge in [-0.15, -0.1) is 11.3 Å². The highest BCUT2D eigenvalue weighted by atomic mass is 35.5. The molecule has 0 saturated heterocycles. The molecular weight excluding hydrogens is 400 g/mol. The van der Waals surface area contributed by atoms with Crippen molar-refractivity contribution in [1.29, 1.82) is 0 Å². The quantitative estimate of drug-likeness (QED) is 0.334. The van der Waals surface area contributed by atoms with Crippen molar-refractivity contribution < 1.29 is 14.8 Å². The molecule has 2 heterocycles. The summed E-state index contributed by atoms with van der Waals surface area (Å²) < 4.78 is 6.57. The van der Waals surface area contributed by atoms with Gasteiger partial charge in [-0.1, -0.05) is 11.6 Å². The molecule has 2 aromatic heterocycles. The van der Waals surface area contributed by atoms with E-state index in [-0.39, 0.29) is 11.3 Å². The number of nitro benzene ring substituents is 1. The Balaban J connectivity index is 1.68. The lowest BCUT2D eigenvalue weighted by Gasteiger charge is -2.11. The van der Waals surface area contributed by atoms with Crippen molar-refractivity contribution in [3.63, 3.8) is 0 Å². The second kappa shape index (κ2) is 7.55. The van der Waals surface area contributed by atoms with Crippen LogP contribution in [0, 0.1) is 10.1 Å². The summed E-state index contributed by atoms with van der Waals surface area (Å²) in [5.74, 6) is 0.800. The lowest BCUT2D eigenvalue weighted by Crippen LogP contribution is -2.03. The first kappa shape index (κ1) is 18.4. The number of hydrogen-bond acceptors (Lipinski definition) is 6. The van der Waals surface area contributed by atoms with E-state index in [1.165, 1.54) is 23.5 Å². The molecule has 0 aliphatic heterocycles. The molecule has 1 N–H and O–H groups in total. The summed E-state index contributed by atoms with van der Waals surface area (Å²) in [4.78, 5) is 15.7. The second-order valence-corrected chi connectivity index (χ2v) is 7.55. The second-order valence-electron chi connectivity index (χ2n) is 6.00. The molecule has 4 rings (SSSR count). The summed E-state index contributed by atoms with van der Waals surface area (Å²) in [7, 11) is 0. The Kier molecular flexibility index (Phi) is 4.95. The van der Waals surface area contributed by atoms with Crippen LogP contribution >= 0.6 is 22.9 Å². The van der Waals surface area contributed by atoms with Gasteiger partial charge in [-0.2, -0.15) is 0 Å².